The molecular weight excluding hydrogens is 396 g/mol. The number of likely N-dealkylation sites (tertiary alicyclic amines) is 1. The van der Waals surface area contributed by atoms with Gasteiger partial charge in [0, 0.05) is 25.2 Å². The summed E-state index contributed by atoms with van der Waals surface area (Å²) in [5.41, 5.74) is 1.62. The molecule has 3 amide bonds. The highest BCUT2D eigenvalue weighted by Crippen LogP contribution is 2.27. The molecule has 0 radical (unpaired) electrons. The SMILES string of the molecule is O=C1N[C@@H](CC(=O)N2CCC[C@@H](c3nnc4ccccn34)C2)C(=O)Nc2ccccc21. The number of pyridine rings is 1. The van der Waals surface area contributed by atoms with Crippen LogP contribution in [0, 0.1) is 0 Å². The van der Waals surface area contributed by atoms with Gasteiger partial charge in [-0.3, -0.25) is 18.8 Å². The quantitative estimate of drug-likeness (QED) is 0.671. The van der Waals surface area contributed by atoms with E-state index in [1.807, 2.05) is 28.8 Å². The maximum atomic E-state index is 13.0. The second kappa shape index (κ2) is 7.82. The zero-order valence-corrected chi connectivity index (χ0v) is 16.8. The van der Waals surface area contributed by atoms with Gasteiger partial charge in [-0.1, -0.05) is 18.2 Å². The molecule has 5 rings (SSSR count). The first-order valence-electron chi connectivity index (χ1n) is 10.4. The Bertz CT molecular complexity index is 1170. The molecule has 3 aromatic rings. The number of fused-ring (bicyclic) bond motifs is 2. The van der Waals surface area contributed by atoms with E-state index in [0.29, 0.717) is 24.3 Å². The van der Waals surface area contributed by atoms with Gasteiger partial charge in [-0.25, -0.2) is 0 Å². The third kappa shape index (κ3) is 3.63. The Labute approximate surface area is 178 Å². The third-order valence-electron chi connectivity index (χ3n) is 5.91. The molecule has 0 aliphatic carbocycles. The smallest absolute Gasteiger partial charge is 0.254 e. The maximum Gasteiger partial charge on any atom is 0.254 e. The molecule has 2 aliphatic heterocycles. The van der Waals surface area contributed by atoms with Gasteiger partial charge in [0.2, 0.25) is 11.8 Å². The summed E-state index contributed by atoms with van der Waals surface area (Å²) in [6.07, 6.45) is 3.59. The van der Waals surface area contributed by atoms with Crippen molar-refractivity contribution in [1.29, 1.82) is 0 Å². The first-order valence-corrected chi connectivity index (χ1v) is 10.4. The van der Waals surface area contributed by atoms with Crippen LogP contribution in [-0.4, -0.2) is 56.4 Å². The lowest BCUT2D eigenvalue weighted by Gasteiger charge is -2.32. The van der Waals surface area contributed by atoms with E-state index < -0.39 is 6.04 Å². The summed E-state index contributed by atoms with van der Waals surface area (Å²) in [5.74, 6) is -0.00671. The van der Waals surface area contributed by atoms with E-state index in [0.717, 1.165) is 24.3 Å². The van der Waals surface area contributed by atoms with E-state index in [1.165, 1.54) is 0 Å². The number of nitrogens with one attached hydrogen (secondary N) is 2. The van der Waals surface area contributed by atoms with E-state index >= 15 is 0 Å². The van der Waals surface area contributed by atoms with E-state index in [9.17, 15) is 14.4 Å². The number of carbonyl (C=O) groups is 3. The molecule has 0 bridgehead atoms. The highest BCUT2D eigenvalue weighted by atomic mass is 16.2. The lowest BCUT2D eigenvalue weighted by atomic mass is 9.96. The van der Waals surface area contributed by atoms with Gasteiger partial charge in [0.1, 0.15) is 11.9 Å². The molecule has 2 atom stereocenters. The van der Waals surface area contributed by atoms with Crippen LogP contribution in [0.3, 0.4) is 0 Å². The third-order valence-corrected chi connectivity index (χ3v) is 5.91. The van der Waals surface area contributed by atoms with E-state index in [2.05, 4.69) is 20.8 Å². The van der Waals surface area contributed by atoms with Crippen molar-refractivity contribution in [3.8, 4) is 0 Å². The molecular formula is C22H22N6O3. The fourth-order valence-electron chi connectivity index (χ4n) is 4.31. The molecule has 2 aromatic heterocycles. The van der Waals surface area contributed by atoms with Gasteiger partial charge in [0.05, 0.1) is 17.7 Å². The molecule has 31 heavy (non-hydrogen) atoms. The molecule has 2 N–H and O–H groups in total. The van der Waals surface area contributed by atoms with E-state index in [4.69, 9.17) is 0 Å². The van der Waals surface area contributed by atoms with Gasteiger partial charge in [-0.2, -0.15) is 0 Å². The van der Waals surface area contributed by atoms with Crippen LogP contribution in [0.1, 0.15) is 41.4 Å². The molecule has 9 nitrogen and oxygen atoms in total. The second-order valence-electron chi connectivity index (χ2n) is 7.93. The number of carbonyl (C=O) groups excluding carboxylic acids is 3. The van der Waals surface area contributed by atoms with Crippen molar-refractivity contribution in [2.45, 2.75) is 31.2 Å². The number of benzene rings is 1. The number of hydrogen-bond acceptors (Lipinski definition) is 5. The number of piperidine rings is 1. The first-order chi connectivity index (χ1) is 15.1. The fourth-order valence-corrected chi connectivity index (χ4v) is 4.31. The molecule has 9 heteroatoms. The van der Waals surface area contributed by atoms with Gasteiger partial charge < -0.3 is 15.5 Å². The molecule has 0 spiro atoms. The Morgan fingerprint density at radius 1 is 1.10 bits per heavy atom. The summed E-state index contributed by atoms with van der Waals surface area (Å²) in [7, 11) is 0. The highest BCUT2D eigenvalue weighted by Gasteiger charge is 2.33. The summed E-state index contributed by atoms with van der Waals surface area (Å²) in [6.45, 7) is 1.13. The van der Waals surface area contributed by atoms with Crippen LogP contribution in [0.15, 0.2) is 48.7 Å². The Hall–Kier alpha value is -3.75. The van der Waals surface area contributed by atoms with Crippen LogP contribution >= 0.6 is 0 Å². The Kier molecular flexibility index (Phi) is 4.85. The number of amides is 3. The van der Waals surface area contributed by atoms with Crippen LogP contribution in [-0.2, 0) is 9.59 Å². The van der Waals surface area contributed by atoms with Gasteiger partial charge in [-0.15, -0.1) is 10.2 Å². The summed E-state index contributed by atoms with van der Waals surface area (Å²) < 4.78 is 1.95. The maximum absolute atomic E-state index is 13.0. The average Bonchev–Trinajstić information content (AvgIpc) is 3.18. The second-order valence-corrected chi connectivity index (χ2v) is 7.93. The summed E-state index contributed by atoms with van der Waals surface area (Å²) in [4.78, 5) is 39.9. The van der Waals surface area contributed by atoms with E-state index in [-0.39, 0.29) is 30.1 Å². The molecule has 0 unspecified atom stereocenters. The minimum Gasteiger partial charge on any atom is -0.342 e. The number of anilines is 1. The van der Waals surface area contributed by atoms with Gasteiger partial charge in [-0.05, 0) is 37.1 Å². The van der Waals surface area contributed by atoms with Crippen LogP contribution in [0.25, 0.3) is 5.65 Å². The predicted octanol–water partition coefficient (Wildman–Crippen LogP) is 1.58. The van der Waals surface area contributed by atoms with Gasteiger partial charge in [0.15, 0.2) is 5.65 Å². The molecule has 1 fully saturated rings. The normalized spacial score (nSPS) is 21.2. The monoisotopic (exact) mass is 418 g/mol. The molecule has 4 heterocycles. The van der Waals surface area contributed by atoms with Crippen molar-refractivity contribution in [2.75, 3.05) is 18.4 Å². The van der Waals surface area contributed by atoms with Crippen molar-refractivity contribution in [3.63, 3.8) is 0 Å². The van der Waals surface area contributed by atoms with Crippen molar-refractivity contribution < 1.29 is 14.4 Å². The predicted molar refractivity (Wildman–Crippen MR) is 112 cm³/mol. The van der Waals surface area contributed by atoms with Crippen LogP contribution in [0.5, 0.6) is 0 Å². The lowest BCUT2D eigenvalue weighted by Crippen LogP contribution is -2.47. The van der Waals surface area contributed by atoms with E-state index in [1.54, 1.807) is 29.2 Å². The fraction of sp³-hybridized carbons (Fsp3) is 0.318. The molecule has 1 saturated heterocycles. The largest absolute Gasteiger partial charge is 0.342 e. The zero-order chi connectivity index (χ0) is 21.4. The number of para-hydroxylation sites is 1. The van der Waals surface area contributed by atoms with Crippen LogP contribution in [0.4, 0.5) is 5.69 Å². The van der Waals surface area contributed by atoms with Crippen molar-refractivity contribution >= 4 is 29.1 Å². The summed E-state index contributed by atoms with van der Waals surface area (Å²) in [6, 6.07) is 11.6. The molecule has 158 valence electrons. The summed E-state index contributed by atoms with van der Waals surface area (Å²) in [5, 5.41) is 14.0. The standard InChI is InChI=1S/C22H22N6O3/c29-19(12-17-22(31)23-16-8-2-1-7-15(16)21(30)24-17)27-10-5-6-14(13-27)20-26-25-18-9-3-4-11-28(18)20/h1-4,7-9,11,14,17H,5-6,10,12-13H2,(H,23,31)(H,24,30)/t14-,17+/m1/s1. The Morgan fingerprint density at radius 3 is 2.84 bits per heavy atom. The van der Waals surface area contributed by atoms with Gasteiger partial charge in [0.25, 0.3) is 5.91 Å². The molecule has 2 aliphatic rings. The van der Waals surface area contributed by atoms with Crippen molar-refractivity contribution in [3.05, 3.63) is 60.0 Å². The summed E-state index contributed by atoms with van der Waals surface area (Å²) >= 11 is 0. The molecule has 0 saturated carbocycles. The topological polar surface area (TPSA) is 109 Å². The molecule has 1 aromatic carbocycles. The first kappa shape index (κ1) is 19.2. The Balaban J connectivity index is 1.29. The zero-order valence-electron chi connectivity index (χ0n) is 16.8. The number of hydrogen-bond donors (Lipinski definition) is 2. The van der Waals surface area contributed by atoms with Gasteiger partial charge >= 0.3 is 0 Å². The minimum absolute atomic E-state index is 0.0666. The Morgan fingerprint density at radius 2 is 1.94 bits per heavy atom. The van der Waals surface area contributed by atoms with Crippen molar-refractivity contribution in [1.82, 2.24) is 24.8 Å². The minimum atomic E-state index is -0.915. The number of aromatic nitrogens is 3. The van der Waals surface area contributed by atoms with Crippen LogP contribution in [0.2, 0.25) is 0 Å². The number of nitrogens with zero attached hydrogens (tertiary/aromatic N) is 4. The van der Waals surface area contributed by atoms with Crippen molar-refractivity contribution in [2.24, 2.45) is 0 Å². The highest BCUT2D eigenvalue weighted by molar-refractivity contribution is 6.10. The number of rotatable bonds is 3. The van der Waals surface area contributed by atoms with Crippen LogP contribution < -0.4 is 10.6 Å². The average molecular weight is 418 g/mol. The lowest BCUT2D eigenvalue weighted by molar-refractivity contribution is -0.134.